The number of esters is 2. The van der Waals surface area contributed by atoms with E-state index in [4.69, 9.17) is 14.2 Å². The summed E-state index contributed by atoms with van der Waals surface area (Å²) in [6.07, 6.45) is 1.15. The van der Waals surface area contributed by atoms with E-state index in [0.717, 1.165) is 12.2 Å². The van der Waals surface area contributed by atoms with Gasteiger partial charge in [-0.3, -0.25) is 0 Å². The molecule has 1 heterocycles. The highest BCUT2D eigenvalue weighted by Gasteiger charge is 2.12. The molecule has 0 aliphatic carbocycles. The third-order valence-electron chi connectivity index (χ3n) is 6.35. The number of carbonyl (C=O) groups is 2. The number of azo groups is 2. The molecule has 3 aromatic rings. The van der Waals surface area contributed by atoms with Gasteiger partial charge >= 0.3 is 11.9 Å². The van der Waals surface area contributed by atoms with Crippen LogP contribution in [0.5, 0.6) is 0 Å². The van der Waals surface area contributed by atoms with E-state index in [1.54, 1.807) is 19.9 Å². The summed E-state index contributed by atoms with van der Waals surface area (Å²) in [4.78, 5) is 25.4. The van der Waals surface area contributed by atoms with E-state index in [2.05, 4.69) is 49.9 Å². The number of hydrogen-bond donors (Lipinski definition) is 1. The molecule has 2 aromatic carbocycles. The standard InChI is InChI=1S/C34H39N7O5S/c1-6-41(16-10-18-45-33(42)24(2)3)28-14-15-29(30(21-28)36-23-44-17-11-19-46-34(43)25(4)5)38-40-32-26(22-35)20-31(47-32)39-37-27-12-8-7-9-13-27/h7-9,12-15,20-21,36H,2,4,6,10-11,16-19,23H2,1,3,5H3. The first-order valence-electron chi connectivity index (χ1n) is 15.0. The van der Waals surface area contributed by atoms with E-state index in [1.165, 1.54) is 11.3 Å². The molecule has 0 fully saturated rings. The summed E-state index contributed by atoms with van der Waals surface area (Å²) in [5.74, 6) is -0.832. The van der Waals surface area contributed by atoms with Crippen molar-refractivity contribution < 1.29 is 23.8 Å². The topological polar surface area (TPSA) is 150 Å². The van der Waals surface area contributed by atoms with E-state index in [1.807, 2.05) is 55.5 Å². The van der Waals surface area contributed by atoms with Crippen LogP contribution in [0.3, 0.4) is 0 Å². The van der Waals surface area contributed by atoms with Crippen molar-refractivity contribution in [3.05, 3.63) is 84.5 Å². The van der Waals surface area contributed by atoms with Gasteiger partial charge in [-0.25, -0.2) is 9.59 Å². The Kier molecular flexibility index (Phi) is 14.9. The molecule has 0 aliphatic heterocycles. The molecule has 1 aromatic heterocycles. The Morgan fingerprint density at radius 1 is 0.915 bits per heavy atom. The van der Waals surface area contributed by atoms with Crippen LogP contribution in [0.1, 0.15) is 39.2 Å². The number of thiophene rings is 1. The average molecular weight is 658 g/mol. The maximum absolute atomic E-state index is 11.7. The first kappa shape index (κ1) is 36.3. The fourth-order valence-corrected chi connectivity index (χ4v) is 4.64. The van der Waals surface area contributed by atoms with Gasteiger partial charge in [0.15, 0.2) is 5.00 Å². The SMILES string of the molecule is C=C(C)C(=O)OCCCOCNc1cc(N(CC)CCCOC(=O)C(=C)C)ccc1N=Nc1sc(N=Nc2ccccc2)cc1C#N. The second-order valence-electron chi connectivity index (χ2n) is 10.2. The van der Waals surface area contributed by atoms with Crippen molar-refractivity contribution in [2.75, 3.05) is 49.9 Å². The molecule has 246 valence electrons. The second-order valence-corrected chi connectivity index (χ2v) is 11.2. The number of benzene rings is 2. The Bertz CT molecular complexity index is 1630. The van der Waals surface area contributed by atoms with Crippen LogP contribution in [0.15, 0.2) is 99.4 Å². The van der Waals surface area contributed by atoms with Gasteiger partial charge in [0.25, 0.3) is 0 Å². The molecule has 0 radical (unpaired) electrons. The molecule has 1 N–H and O–H groups in total. The molecule has 0 saturated carbocycles. The number of hydrogen-bond acceptors (Lipinski definition) is 13. The van der Waals surface area contributed by atoms with Crippen molar-refractivity contribution in [3.63, 3.8) is 0 Å². The molecule has 12 nitrogen and oxygen atoms in total. The van der Waals surface area contributed by atoms with E-state index < -0.39 is 11.9 Å². The van der Waals surface area contributed by atoms with Crippen LogP contribution in [0.4, 0.5) is 32.8 Å². The zero-order chi connectivity index (χ0) is 34.0. The van der Waals surface area contributed by atoms with E-state index in [-0.39, 0.29) is 19.9 Å². The number of rotatable bonds is 19. The lowest BCUT2D eigenvalue weighted by molar-refractivity contribution is -0.140. The summed E-state index contributed by atoms with van der Waals surface area (Å²) in [6, 6.07) is 18.8. The lowest BCUT2D eigenvalue weighted by Crippen LogP contribution is -2.25. The lowest BCUT2D eigenvalue weighted by Gasteiger charge is -2.24. The molecular weight excluding hydrogens is 618 g/mol. The van der Waals surface area contributed by atoms with Gasteiger partial charge in [-0.2, -0.15) is 5.26 Å². The maximum atomic E-state index is 11.7. The first-order valence-corrected chi connectivity index (χ1v) is 15.8. The zero-order valence-electron chi connectivity index (χ0n) is 26.9. The third kappa shape index (κ3) is 12.3. The number of anilines is 2. The van der Waals surface area contributed by atoms with Gasteiger partial charge in [0.1, 0.15) is 23.5 Å². The fraction of sp³-hybridized carbons (Fsp3) is 0.324. The normalized spacial score (nSPS) is 10.9. The van der Waals surface area contributed by atoms with Crippen LogP contribution in [-0.2, 0) is 23.8 Å². The molecule has 0 aliphatic rings. The van der Waals surface area contributed by atoms with E-state index in [0.29, 0.717) is 69.8 Å². The van der Waals surface area contributed by atoms with Crippen molar-refractivity contribution in [3.8, 4) is 6.07 Å². The van der Waals surface area contributed by atoms with Crippen LogP contribution < -0.4 is 10.2 Å². The van der Waals surface area contributed by atoms with Crippen molar-refractivity contribution in [2.45, 2.75) is 33.6 Å². The molecule has 0 atom stereocenters. The molecule has 0 unspecified atom stereocenters. The Morgan fingerprint density at radius 2 is 1.62 bits per heavy atom. The number of ether oxygens (including phenoxy) is 3. The van der Waals surface area contributed by atoms with Crippen molar-refractivity contribution in [2.24, 2.45) is 20.5 Å². The molecule has 0 spiro atoms. The Hall–Kier alpha value is -5.19. The van der Waals surface area contributed by atoms with Crippen LogP contribution in [0, 0.1) is 11.3 Å². The Morgan fingerprint density at radius 3 is 2.28 bits per heavy atom. The van der Waals surface area contributed by atoms with Gasteiger partial charge in [-0.1, -0.05) is 42.7 Å². The number of nitriles is 1. The molecule has 0 bridgehead atoms. The monoisotopic (exact) mass is 657 g/mol. The first-order chi connectivity index (χ1) is 22.7. The van der Waals surface area contributed by atoms with Crippen LogP contribution >= 0.6 is 11.3 Å². The smallest absolute Gasteiger partial charge is 0.333 e. The third-order valence-corrected chi connectivity index (χ3v) is 7.25. The van der Waals surface area contributed by atoms with Crippen molar-refractivity contribution >= 4 is 56.0 Å². The molecule has 0 saturated heterocycles. The highest BCUT2D eigenvalue weighted by atomic mass is 32.1. The minimum atomic E-state index is -0.430. The quantitative estimate of drug-likeness (QED) is 0.0442. The summed E-state index contributed by atoms with van der Waals surface area (Å²) in [5, 5.41) is 31.2. The van der Waals surface area contributed by atoms with Crippen molar-refractivity contribution in [1.82, 2.24) is 0 Å². The molecular formula is C34H39N7O5S. The summed E-state index contributed by atoms with van der Waals surface area (Å²) in [5.41, 5.74) is 3.86. The second kappa shape index (κ2) is 19.4. The van der Waals surface area contributed by atoms with Gasteiger partial charge in [-0.05, 0) is 63.6 Å². The van der Waals surface area contributed by atoms with E-state index >= 15 is 0 Å². The summed E-state index contributed by atoms with van der Waals surface area (Å²) < 4.78 is 16.1. The average Bonchev–Trinajstić information content (AvgIpc) is 3.48. The number of nitrogens with zero attached hydrogens (tertiary/aromatic N) is 6. The van der Waals surface area contributed by atoms with Crippen molar-refractivity contribution in [1.29, 1.82) is 5.26 Å². The summed E-state index contributed by atoms with van der Waals surface area (Å²) in [7, 11) is 0. The van der Waals surface area contributed by atoms with Crippen LogP contribution in [-0.4, -0.2) is 51.6 Å². The zero-order valence-corrected chi connectivity index (χ0v) is 27.7. The Balaban J connectivity index is 1.74. The van der Waals surface area contributed by atoms with Gasteiger partial charge in [0.05, 0.1) is 36.8 Å². The fourth-order valence-electron chi connectivity index (χ4n) is 3.89. The molecule has 0 amide bonds. The minimum absolute atomic E-state index is 0.163. The highest BCUT2D eigenvalue weighted by molar-refractivity contribution is 7.19. The lowest BCUT2D eigenvalue weighted by atomic mass is 10.2. The predicted molar refractivity (Wildman–Crippen MR) is 183 cm³/mol. The summed E-state index contributed by atoms with van der Waals surface area (Å²) >= 11 is 1.21. The summed E-state index contributed by atoms with van der Waals surface area (Å²) in [6.45, 7) is 14.8. The van der Waals surface area contributed by atoms with Gasteiger partial charge in [0, 0.05) is 36.3 Å². The maximum Gasteiger partial charge on any atom is 0.333 e. The van der Waals surface area contributed by atoms with Crippen LogP contribution in [0.25, 0.3) is 0 Å². The molecule has 3 rings (SSSR count). The largest absolute Gasteiger partial charge is 0.462 e. The number of carbonyl (C=O) groups excluding carboxylic acids is 2. The molecule has 13 heteroatoms. The predicted octanol–water partition coefficient (Wildman–Crippen LogP) is 8.68. The molecule has 47 heavy (non-hydrogen) atoms. The van der Waals surface area contributed by atoms with Gasteiger partial charge < -0.3 is 24.4 Å². The highest BCUT2D eigenvalue weighted by Crippen LogP contribution is 2.39. The number of nitrogens with one attached hydrogen (secondary N) is 1. The van der Waals surface area contributed by atoms with Gasteiger partial charge in [0.2, 0.25) is 0 Å². The minimum Gasteiger partial charge on any atom is -0.462 e. The Labute approximate surface area is 279 Å². The van der Waals surface area contributed by atoms with E-state index in [9.17, 15) is 14.9 Å². The van der Waals surface area contributed by atoms with Crippen LogP contribution in [0.2, 0.25) is 0 Å². The van der Waals surface area contributed by atoms with Gasteiger partial charge in [-0.15, -0.1) is 20.5 Å².